The predicted molar refractivity (Wildman–Crippen MR) is 89.7 cm³/mol. The Labute approximate surface area is 143 Å². The highest BCUT2D eigenvalue weighted by atomic mass is 16.6. The molecule has 132 valence electrons. The van der Waals surface area contributed by atoms with Crippen LogP contribution in [0.1, 0.15) is 32.1 Å². The van der Waals surface area contributed by atoms with E-state index in [0.717, 1.165) is 37.5 Å². The van der Waals surface area contributed by atoms with Gasteiger partial charge in [0.25, 0.3) is 5.69 Å². The third kappa shape index (κ3) is 4.35. The molecule has 0 atom stereocenters. The van der Waals surface area contributed by atoms with Gasteiger partial charge in [-0.25, -0.2) is 4.79 Å². The fourth-order valence-corrected chi connectivity index (χ4v) is 2.72. The van der Waals surface area contributed by atoms with Gasteiger partial charge in [-0.2, -0.15) is 0 Å². The Bertz CT molecular complexity index is 736. The molecular formula is C15H17N5O5. The number of anilines is 1. The van der Waals surface area contributed by atoms with E-state index in [9.17, 15) is 25.0 Å². The molecule has 10 nitrogen and oxygen atoms in total. The average Bonchev–Trinajstić information content (AvgIpc) is 2.60. The summed E-state index contributed by atoms with van der Waals surface area (Å²) >= 11 is 0. The Balaban J connectivity index is 2.05. The molecule has 2 amide bonds. The van der Waals surface area contributed by atoms with Crippen LogP contribution in [0.2, 0.25) is 0 Å². The lowest BCUT2D eigenvalue weighted by Gasteiger charge is -2.33. The summed E-state index contributed by atoms with van der Waals surface area (Å²) in [4.78, 5) is 32.3. The Morgan fingerprint density at radius 1 is 1.16 bits per heavy atom. The highest BCUT2D eigenvalue weighted by Crippen LogP contribution is 2.29. The molecule has 1 aromatic carbocycles. The summed E-state index contributed by atoms with van der Waals surface area (Å²) in [5.74, 6) is 2.61. The molecule has 0 aliphatic heterocycles. The fourth-order valence-electron chi connectivity index (χ4n) is 2.72. The zero-order valence-electron chi connectivity index (χ0n) is 13.3. The van der Waals surface area contributed by atoms with E-state index < -0.39 is 32.8 Å². The van der Waals surface area contributed by atoms with Gasteiger partial charge >= 0.3 is 11.7 Å². The third-order valence-corrected chi connectivity index (χ3v) is 4.04. The van der Waals surface area contributed by atoms with Gasteiger partial charge in [-0.05, 0) is 18.9 Å². The number of benzene rings is 1. The van der Waals surface area contributed by atoms with Crippen molar-refractivity contribution in [2.75, 3.05) is 5.43 Å². The number of hydrogen-bond donors (Lipinski definition) is 3. The van der Waals surface area contributed by atoms with Crippen LogP contribution >= 0.6 is 0 Å². The van der Waals surface area contributed by atoms with Crippen LogP contribution in [0.15, 0.2) is 18.2 Å². The Hall–Kier alpha value is -3.35. The summed E-state index contributed by atoms with van der Waals surface area (Å²) in [5, 5.41) is 24.5. The van der Waals surface area contributed by atoms with Gasteiger partial charge in [-0.15, -0.1) is 6.42 Å². The van der Waals surface area contributed by atoms with Crippen LogP contribution < -0.4 is 16.2 Å². The molecule has 2 rings (SSSR count). The number of hydrazine groups is 1. The number of carbonyl (C=O) groups is 1. The summed E-state index contributed by atoms with van der Waals surface area (Å²) < 4.78 is 0. The van der Waals surface area contributed by atoms with E-state index in [-0.39, 0.29) is 5.69 Å². The first-order chi connectivity index (χ1) is 11.9. The van der Waals surface area contributed by atoms with Crippen LogP contribution in [-0.4, -0.2) is 21.4 Å². The maximum absolute atomic E-state index is 12.0. The van der Waals surface area contributed by atoms with E-state index in [1.165, 1.54) is 0 Å². The van der Waals surface area contributed by atoms with Crippen molar-refractivity contribution in [2.45, 2.75) is 37.6 Å². The van der Waals surface area contributed by atoms with Gasteiger partial charge in [0.1, 0.15) is 11.2 Å². The van der Waals surface area contributed by atoms with E-state index >= 15 is 0 Å². The van der Waals surface area contributed by atoms with Crippen molar-refractivity contribution in [3.8, 4) is 12.3 Å². The standard InChI is InChI=1S/C15H17N5O5/c1-2-15(8-4-3-5-9-15)16-14(21)18-17-12-7-6-11(19(22)23)10-13(12)20(24)25/h1,6-7,10,17H,3-5,8-9H2,(H2,16,18,21). The van der Waals surface area contributed by atoms with Crippen LogP contribution in [0, 0.1) is 32.6 Å². The maximum atomic E-state index is 12.0. The lowest BCUT2D eigenvalue weighted by Crippen LogP contribution is -2.53. The van der Waals surface area contributed by atoms with Gasteiger partial charge in [-0.3, -0.25) is 31.1 Å². The molecule has 1 aliphatic carbocycles. The summed E-state index contributed by atoms with van der Waals surface area (Å²) in [5.41, 5.74) is 2.92. The number of carbonyl (C=O) groups excluding carboxylic acids is 1. The summed E-state index contributed by atoms with van der Waals surface area (Å²) in [6.07, 6.45) is 9.73. The lowest BCUT2D eigenvalue weighted by atomic mass is 9.82. The van der Waals surface area contributed by atoms with Crippen molar-refractivity contribution in [3.05, 3.63) is 38.4 Å². The zero-order valence-corrected chi connectivity index (χ0v) is 13.3. The first kappa shape index (κ1) is 18.0. The fraction of sp³-hybridized carbons (Fsp3) is 0.400. The van der Waals surface area contributed by atoms with Gasteiger partial charge in [0.05, 0.1) is 15.9 Å². The monoisotopic (exact) mass is 347 g/mol. The number of amides is 2. The van der Waals surface area contributed by atoms with Gasteiger partial charge in [0.15, 0.2) is 0 Å². The van der Waals surface area contributed by atoms with Crippen LogP contribution in [0.4, 0.5) is 21.9 Å². The van der Waals surface area contributed by atoms with Crippen LogP contribution in [0.25, 0.3) is 0 Å². The largest absolute Gasteiger partial charge is 0.334 e. The lowest BCUT2D eigenvalue weighted by molar-refractivity contribution is -0.393. The molecule has 1 fully saturated rings. The number of urea groups is 1. The van der Waals surface area contributed by atoms with E-state index in [4.69, 9.17) is 6.42 Å². The minimum Gasteiger partial charge on any atom is -0.320 e. The zero-order chi connectivity index (χ0) is 18.4. The third-order valence-electron chi connectivity index (χ3n) is 4.04. The minimum atomic E-state index is -0.779. The first-order valence-corrected chi connectivity index (χ1v) is 7.62. The number of nitrogens with one attached hydrogen (secondary N) is 3. The van der Waals surface area contributed by atoms with E-state index in [1.54, 1.807) is 0 Å². The quantitative estimate of drug-likeness (QED) is 0.425. The van der Waals surface area contributed by atoms with E-state index in [2.05, 4.69) is 22.1 Å². The second-order valence-corrected chi connectivity index (χ2v) is 5.71. The molecule has 0 unspecified atom stereocenters. The van der Waals surface area contributed by atoms with Gasteiger partial charge in [0.2, 0.25) is 0 Å². The minimum absolute atomic E-state index is 0.0795. The molecule has 0 spiro atoms. The summed E-state index contributed by atoms with van der Waals surface area (Å²) in [7, 11) is 0. The molecule has 3 N–H and O–H groups in total. The molecule has 10 heteroatoms. The summed E-state index contributed by atoms with van der Waals surface area (Å²) in [6, 6.07) is 2.42. The second-order valence-electron chi connectivity index (χ2n) is 5.71. The molecular weight excluding hydrogens is 330 g/mol. The number of non-ortho nitro benzene ring substituents is 1. The normalized spacial score (nSPS) is 15.5. The molecule has 25 heavy (non-hydrogen) atoms. The Morgan fingerprint density at radius 3 is 2.40 bits per heavy atom. The Kier molecular flexibility index (Phi) is 5.38. The SMILES string of the molecule is C#CC1(NC(=O)NNc2ccc([N+](=O)[O-])cc2[N+](=O)[O-])CCCCC1. The molecule has 1 aromatic rings. The summed E-state index contributed by atoms with van der Waals surface area (Å²) in [6.45, 7) is 0. The highest BCUT2D eigenvalue weighted by molar-refractivity contribution is 5.78. The van der Waals surface area contributed by atoms with Gasteiger partial charge in [0, 0.05) is 6.07 Å². The van der Waals surface area contributed by atoms with Crippen molar-refractivity contribution in [3.63, 3.8) is 0 Å². The molecule has 0 heterocycles. The van der Waals surface area contributed by atoms with Crippen LogP contribution in [-0.2, 0) is 0 Å². The van der Waals surface area contributed by atoms with E-state index in [1.807, 2.05) is 0 Å². The van der Waals surface area contributed by atoms with Crippen molar-refractivity contribution >= 4 is 23.1 Å². The maximum Gasteiger partial charge on any atom is 0.334 e. The number of hydrogen-bond acceptors (Lipinski definition) is 6. The molecule has 0 bridgehead atoms. The predicted octanol–water partition coefficient (Wildman–Crippen LogP) is 2.47. The molecule has 1 aliphatic rings. The van der Waals surface area contributed by atoms with Crippen LogP contribution in [0.5, 0.6) is 0 Å². The van der Waals surface area contributed by atoms with E-state index in [0.29, 0.717) is 12.8 Å². The number of nitrogens with zero attached hydrogens (tertiary/aromatic N) is 2. The highest BCUT2D eigenvalue weighted by Gasteiger charge is 2.31. The second kappa shape index (κ2) is 7.48. The van der Waals surface area contributed by atoms with Crippen LogP contribution in [0.3, 0.4) is 0 Å². The van der Waals surface area contributed by atoms with Crippen molar-refractivity contribution in [1.82, 2.24) is 10.7 Å². The van der Waals surface area contributed by atoms with Crippen molar-refractivity contribution in [2.24, 2.45) is 0 Å². The topological polar surface area (TPSA) is 139 Å². The number of nitro groups is 2. The number of rotatable bonds is 5. The Morgan fingerprint density at radius 2 is 1.84 bits per heavy atom. The first-order valence-electron chi connectivity index (χ1n) is 7.62. The van der Waals surface area contributed by atoms with Gasteiger partial charge < -0.3 is 5.32 Å². The average molecular weight is 347 g/mol. The molecule has 0 radical (unpaired) electrons. The molecule has 0 aromatic heterocycles. The number of nitro benzene ring substituents is 2. The van der Waals surface area contributed by atoms with Gasteiger partial charge in [-0.1, -0.05) is 25.2 Å². The van der Waals surface area contributed by atoms with Crippen molar-refractivity contribution < 1.29 is 14.6 Å². The molecule has 1 saturated carbocycles. The molecule has 0 saturated heterocycles. The number of terminal acetylenes is 1. The smallest absolute Gasteiger partial charge is 0.320 e. The van der Waals surface area contributed by atoms with Crippen molar-refractivity contribution in [1.29, 1.82) is 0 Å².